The van der Waals surface area contributed by atoms with E-state index in [1.54, 1.807) is 36.0 Å². The Hall–Kier alpha value is -1.49. The van der Waals surface area contributed by atoms with Gasteiger partial charge in [0.25, 0.3) is 5.91 Å². The van der Waals surface area contributed by atoms with E-state index in [9.17, 15) is 9.59 Å². The highest BCUT2D eigenvalue weighted by Crippen LogP contribution is 2.00. The number of hydrogen-bond acceptors (Lipinski definition) is 3. The minimum atomic E-state index is -0.306. The van der Waals surface area contributed by atoms with Crippen molar-refractivity contribution in [2.24, 2.45) is 0 Å². The Kier molecular flexibility index (Phi) is 6.17. The Morgan fingerprint density at radius 2 is 1.88 bits per heavy atom. The third kappa shape index (κ3) is 5.40. The summed E-state index contributed by atoms with van der Waals surface area (Å²) in [6.07, 6.45) is 1.04. The first-order valence-electron chi connectivity index (χ1n) is 5.46. The van der Waals surface area contributed by atoms with Gasteiger partial charge >= 0.3 is 0 Å². The van der Waals surface area contributed by atoms with Crippen LogP contribution in [0.1, 0.15) is 23.7 Å². The van der Waals surface area contributed by atoms with Gasteiger partial charge in [-0.3, -0.25) is 20.4 Å². The molecule has 0 aromatic heterocycles. The van der Waals surface area contributed by atoms with Gasteiger partial charge in [0.05, 0.1) is 5.75 Å². The molecule has 1 aromatic rings. The van der Waals surface area contributed by atoms with Gasteiger partial charge in [0, 0.05) is 5.56 Å². The van der Waals surface area contributed by atoms with Crippen LogP contribution >= 0.6 is 11.8 Å². The van der Waals surface area contributed by atoms with E-state index >= 15 is 0 Å². The number of nitrogens with one attached hydrogen (secondary N) is 2. The minimum Gasteiger partial charge on any atom is -0.272 e. The summed E-state index contributed by atoms with van der Waals surface area (Å²) in [5, 5.41) is 0. The largest absolute Gasteiger partial charge is 0.272 e. The molecule has 4 nitrogen and oxygen atoms in total. The van der Waals surface area contributed by atoms with Gasteiger partial charge in [-0.15, -0.1) is 0 Å². The fraction of sp³-hybridized carbons (Fsp3) is 0.333. The molecule has 0 aliphatic rings. The lowest BCUT2D eigenvalue weighted by Gasteiger charge is -2.06. The molecule has 0 aliphatic heterocycles. The monoisotopic (exact) mass is 252 g/mol. The molecule has 0 saturated carbocycles. The molecule has 1 rings (SSSR count). The molecule has 0 radical (unpaired) electrons. The second-order valence-corrected chi connectivity index (χ2v) is 4.53. The third-order valence-electron chi connectivity index (χ3n) is 1.93. The Morgan fingerprint density at radius 3 is 2.53 bits per heavy atom. The number of amides is 2. The first kappa shape index (κ1) is 13.6. The van der Waals surface area contributed by atoms with Gasteiger partial charge in [-0.1, -0.05) is 25.1 Å². The molecule has 1 aromatic carbocycles. The Balaban J connectivity index is 2.26. The maximum absolute atomic E-state index is 11.5. The summed E-state index contributed by atoms with van der Waals surface area (Å²) in [7, 11) is 0. The summed E-state index contributed by atoms with van der Waals surface area (Å²) in [6, 6.07) is 8.75. The minimum absolute atomic E-state index is 0.187. The maximum Gasteiger partial charge on any atom is 0.269 e. The number of hydrazine groups is 1. The summed E-state index contributed by atoms with van der Waals surface area (Å²) in [5.74, 6) is 0.815. The summed E-state index contributed by atoms with van der Waals surface area (Å²) < 4.78 is 0. The van der Waals surface area contributed by atoms with Crippen LogP contribution in [0.5, 0.6) is 0 Å². The zero-order valence-corrected chi connectivity index (χ0v) is 10.5. The van der Waals surface area contributed by atoms with Gasteiger partial charge in [0.2, 0.25) is 5.91 Å². The van der Waals surface area contributed by atoms with Crippen LogP contribution in [-0.2, 0) is 4.79 Å². The summed E-state index contributed by atoms with van der Waals surface area (Å²) in [4.78, 5) is 22.9. The Labute approximate surface area is 105 Å². The van der Waals surface area contributed by atoms with E-state index in [0.29, 0.717) is 11.3 Å². The second-order valence-electron chi connectivity index (χ2n) is 3.42. The average molecular weight is 252 g/mol. The van der Waals surface area contributed by atoms with E-state index in [1.165, 1.54) is 0 Å². The molecule has 2 amide bonds. The molecule has 0 heterocycles. The fourth-order valence-corrected chi connectivity index (χ4v) is 1.82. The lowest BCUT2D eigenvalue weighted by Crippen LogP contribution is -2.42. The summed E-state index contributed by atoms with van der Waals surface area (Å²) in [6.45, 7) is 2.06. The van der Waals surface area contributed by atoms with Crippen LogP contribution in [0.25, 0.3) is 0 Å². The molecule has 0 fully saturated rings. The highest BCUT2D eigenvalue weighted by atomic mass is 32.2. The van der Waals surface area contributed by atoms with Crippen molar-refractivity contribution in [2.75, 3.05) is 11.5 Å². The standard InChI is InChI=1S/C12H16N2O2S/c1-2-8-17-9-11(15)13-14-12(16)10-6-4-3-5-7-10/h3-7H,2,8-9H2,1H3,(H,13,15)(H,14,16). The number of rotatable bonds is 5. The zero-order chi connectivity index (χ0) is 12.5. The maximum atomic E-state index is 11.5. The molecule has 2 N–H and O–H groups in total. The van der Waals surface area contributed by atoms with Crippen LogP contribution in [0.2, 0.25) is 0 Å². The molecule has 0 atom stereocenters. The number of benzene rings is 1. The van der Waals surface area contributed by atoms with Gasteiger partial charge in [-0.05, 0) is 24.3 Å². The Morgan fingerprint density at radius 1 is 1.18 bits per heavy atom. The van der Waals surface area contributed by atoms with E-state index in [-0.39, 0.29) is 11.8 Å². The van der Waals surface area contributed by atoms with Crippen molar-refractivity contribution in [3.8, 4) is 0 Å². The van der Waals surface area contributed by atoms with E-state index in [2.05, 4.69) is 17.8 Å². The van der Waals surface area contributed by atoms with Crippen LogP contribution in [0.3, 0.4) is 0 Å². The van der Waals surface area contributed by atoms with Crippen molar-refractivity contribution >= 4 is 23.6 Å². The SMILES string of the molecule is CCCSCC(=O)NNC(=O)c1ccccc1. The fourth-order valence-electron chi connectivity index (χ4n) is 1.13. The van der Waals surface area contributed by atoms with E-state index in [4.69, 9.17) is 0 Å². The van der Waals surface area contributed by atoms with Gasteiger partial charge in [0.1, 0.15) is 0 Å². The lowest BCUT2D eigenvalue weighted by atomic mass is 10.2. The van der Waals surface area contributed by atoms with Gasteiger partial charge in [-0.2, -0.15) is 11.8 Å². The van der Waals surface area contributed by atoms with Gasteiger partial charge < -0.3 is 0 Å². The van der Waals surface area contributed by atoms with Crippen molar-refractivity contribution in [1.82, 2.24) is 10.9 Å². The van der Waals surface area contributed by atoms with Crippen LogP contribution in [0.15, 0.2) is 30.3 Å². The predicted molar refractivity (Wildman–Crippen MR) is 69.7 cm³/mol. The first-order valence-corrected chi connectivity index (χ1v) is 6.61. The van der Waals surface area contributed by atoms with Crippen LogP contribution in [0.4, 0.5) is 0 Å². The normalized spacial score (nSPS) is 9.71. The quantitative estimate of drug-likeness (QED) is 0.618. The number of carbonyl (C=O) groups excluding carboxylic acids is 2. The van der Waals surface area contributed by atoms with Crippen LogP contribution < -0.4 is 10.9 Å². The van der Waals surface area contributed by atoms with Crippen LogP contribution in [-0.4, -0.2) is 23.3 Å². The van der Waals surface area contributed by atoms with Crippen LogP contribution in [0, 0.1) is 0 Å². The summed E-state index contributed by atoms with van der Waals surface area (Å²) >= 11 is 1.55. The first-order chi connectivity index (χ1) is 8.24. The average Bonchev–Trinajstić information content (AvgIpc) is 2.37. The smallest absolute Gasteiger partial charge is 0.269 e. The topological polar surface area (TPSA) is 58.2 Å². The molecule has 0 bridgehead atoms. The molecule has 0 spiro atoms. The predicted octanol–water partition coefficient (Wildman–Crippen LogP) is 1.59. The van der Waals surface area contributed by atoms with Crippen molar-refractivity contribution < 1.29 is 9.59 Å². The van der Waals surface area contributed by atoms with Gasteiger partial charge in [0.15, 0.2) is 0 Å². The third-order valence-corrected chi connectivity index (χ3v) is 3.10. The second kappa shape index (κ2) is 7.73. The zero-order valence-electron chi connectivity index (χ0n) is 9.73. The molecule has 17 heavy (non-hydrogen) atoms. The lowest BCUT2D eigenvalue weighted by molar-refractivity contribution is -0.119. The number of carbonyl (C=O) groups is 2. The molecular formula is C12H16N2O2S. The molecule has 5 heteroatoms. The molecule has 0 saturated heterocycles. The summed E-state index contributed by atoms with van der Waals surface area (Å²) in [5.41, 5.74) is 5.28. The van der Waals surface area contributed by atoms with Gasteiger partial charge in [-0.25, -0.2) is 0 Å². The highest BCUT2D eigenvalue weighted by Gasteiger charge is 2.05. The number of hydrogen-bond donors (Lipinski definition) is 2. The molecule has 92 valence electrons. The Bertz CT molecular complexity index is 368. The molecular weight excluding hydrogens is 236 g/mol. The highest BCUT2D eigenvalue weighted by molar-refractivity contribution is 7.99. The molecule has 0 aliphatic carbocycles. The van der Waals surface area contributed by atoms with E-state index in [0.717, 1.165) is 12.2 Å². The van der Waals surface area contributed by atoms with Crippen molar-refractivity contribution in [1.29, 1.82) is 0 Å². The van der Waals surface area contributed by atoms with E-state index < -0.39 is 0 Å². The number of thioether (sulfide) groups is 1. The van der Waals surface area contributed by atoms with Crippen molar-refractivity contribution in [2.45, 2.75) is 13.3 Å². The van der Waals surface area contributed by atoms with Crippen molar-refractivity contribution in [3.05, 3.63) is 35.9 Å². The van der Waals surface area contributed by atoms with Crippen molar-refractivity contribution in [3.63, 3.8) is 0 Å². The van der Waals surface area contributed by atoms with E-state index in [1.807, 2.05) is 6.07 Å². The molecule has 0 unspecified atom stereocenters.